The second-order valence-electron chi connectivity index (χ2n) is 6.67. The molecule has 0 saturated heterocycles. The summed E-state index contributed by atoms with van der Waals surface area (Å²) >= 11 is 0. The molecule has 0 bridgehead atoms. The maximum absolute atomic E-state index is 11.0. The summed E-state index contributed by atoms with van der Waals surface area (Å²) in [5.74, 6) is 1.20. The van der Waals surface area contributed by atoms with Crippen molar-refractivity contribution in [3.8, 4) is 0 Å². The van der Waals surface area contributed by atoms with Gasteiger partial charge in [0.2, 0.25) is 12.4 Å². The van der Waals surface area contributed by atoms with Gasteiger partial charge in [0.1, 0.15) is 5.69 Å². The van der Waals surface area contributed by atoms with Gasteiger partial charge < -0.3 is 26.2 Å². The van der Waals surface area contributed by atoms with Gasteiger partial charge in [0.25, 0.3) is 0 Å². The number of amides is 1. The Hall–Kier alpha value is -2.44. The normalized spacial score (nSPS) is 11.7. The van der Waals surface area contributed by atoms with E-state index in [9.17, 15) is 9.69 Å². The lowest BCUT2D eigenvalue weighted by Crippen LogP contribution is -2.22. The lowest BCUT2D eigenvalue weighted by atomic mass is 10.1. The van der Waals surface area contributed by atoms with E-state index in [1.807, 2.05) is 36.8 Å². The summed E-state index contributed by atoms with van der Waals surface area (Å²) in [5.41, 5.74) is 8.62. The van der Waals surface area contributed by atoms with Crippen LogP contribution in [-0.2, 0) is 17.5 Å². The summed E-state index contributed by atoms with van der Waals surface area (Å²) < 4.78 is 0. The van der Waals surface area contributed by atoms with Gasteiger partial charge in [-0.1, -0.05) is 37.6 Å². The van der Waals surface area contributed by atoms with E-state index in [4.69, 9.17) is 5.73 Å². The van der Waals surface area contributed by atoms with Crippen LogP contribution < -0.4 is 21.3 Å². The molecule has 8 nitrogen and oxygen atoms in total. The standard InChI is InChI=1S/C19H29N6O2P/c1-4-5-9-21-19-23-17(20)16(22-13-26)18(24-19)25(2)11-14-7-6-8-15(10-14)12-28(3)27/h6-8,10,13,27H,4-5,9,11-12H2,1-3H3,(H,22,26)(H3,20,21,23,24). The Bertz CT molecular complexity index is 787. The van der Waals surface area contributed by atoms with E-state index in [-0.39, 0.29) is 5.82 Å². The molecule has 1 aromatic heterocycles. The second-order valence-corrected chi connectivity index (χ2v) is 8.30. The largest absolute Gasteiger partial charge is 0.382 e. The number of carbonyl (C=O) groups excluding carboxylic acids is 1. The summed E-state index contributed by atoms with van der Waals surface area (Å²) in [6.45, 7) is 5.27. The highest BCUT2D eigenvalue weighted by Gasteiger charge is 2.16. The SMILES string of the molecule is CCCCNc1nc(N)c(NC=O)c(N(C)Cc2cccc(CP(C)O)c2)n1. The molecule has 0 spiro atoms. The van der Waals surface area contributed by atoms with Crippen LogP contribution in [0.25, 0.3) is 0 Å². The molecule has 1 aromatic carbocycles. The lowest BCUT2D eigenvalue weighted by molar-refractivity contribution is -0.105. The average molecular weight is 404 g/mol. The van der Waals surface area contributed by atoms with Crippen LogP contribution in [0.15, 0.2) is 24.3 Å². The Morgan fingerprint density at radius 2 is 2.07 bits per heavy atom. The molecule has 1 unspecified atom stereocenters. The van der Waals surface area contributed by atoms with E-state index in [2.05, 4.69) is 33.6 Å². The molecule has 2 aromatic rings. The van der Waals surface area contributed by atoms with Gasteiger partial charge in [-0.05, 0) is 24.2 Å². The molecule has 1 amide bonds. The number of benzene rings is 1. The Morgan fingerprint density at radius 1 is 1.32 bits per heavy atom. The van der Waals surface area contributed by atoms with Gasteiger partial charge in [-0.15, -0.1) is 0 Å². The Morgan fingerprint density at radius 3 is 2.75 bits per heavy atom. The van der Waals surface area contributed by atoms with Crippen LogP contribution in [-0.4, -0.2) is 41.5 Å². The Labute approximate surface area is 167 Å². The molecule has 5 N–H and O–H groups in total. The first-order valence-corrected chi connectivity index (χ1v) is 11.2. The van der Waals surface area contributed by atoms with Crippen LogP contribution in [0.1, 0.15) is 30.9 Å². The van der Waals surface area contributed by atoms with Crippen LogP contribution in [0.5, 0.6) is 0 Å². The molecule has 0 radical (unpaired) electrons. The van der Waals surface area contributed by atoms with Crippen molar-refractivity contribution in [2.24, 2.45) is 0 Å². The fraction of sp³-hybridized carbons (Fsp3) is 0.421. The van der Waals surface area contributed by atoms with Gasteiger partial charge in [0, 0.05) is 34.4 Å². The zero-order chi connectivity index (χ0) is 20.5. The minimum Gasteiger partial charge on any atom is -0.382 e. The molecule has 0 aliphatic carbocycles. The molecule has 28 heavy (non-hydrogen) atoms. The topological polar surface area (TPSA) is 116 Å². The molecule has 2 rings (SSSR count). The van der Waals surface area contributed by atoms with Crippen LogP contribution >= 0.6 is 8.15 Å². The molecular weight excluding hydrogens is 375 g/mol. The van der Waals surface area contributed by atoms with Crippen molar-refractivity contribution in [1.82, 2.24) is 9.97 Å². The van der Waals surface area contributed by atoms with Gasteiger partial charge in [-0.2, -0.15) is 9.97 Å². The first-order valence-electron chi connectivity index (χ1n) is 9.25. The number of unbranched alkanes of at least 4 members (excludes halogenated alkanes) is 1. The smallest absolute Gasteiger partial charge is 0.226 e. The van der Waals surface area contributed by atoms with Gasteiger partial charge in [-0.3, -0.25) is 4.79 Å². The summed E-state index contributed by atoms with van der Waals surface area (Å²) in [7, 11) is 0.900. The van der Waals surface area contributed by atoms with E-state index in [0.29, 0.717) is 36.6 Å². The molecular formula is C19H29N6O2P. The number of nitrogen functional groups attached to an aromatic ring is 1. The van der Waals surface area contributed by atoms with Crippen LogP contribution in [0.3, 0.4) is 0 Å². The maximum Gasteiger partial charge on any atom is 0.226 e. The first kappa shape index (κ1) is 21.9. The van der Waals surface area contributed by atoms with Gasteiger partial charge in [0.05, 0.1) is 0 Å². The number of nitrogens with one attached hydrogen (secondary N) is 2. The van der Waals surface area contributed by atoms with E-state index < -0.39 is 8.15 Å². The molecule has 0 aliphatic rings. The van der Waals surface area contributed by atoms with Gasteiger partial charge >= 0.3 is 0 Å². The summed E-state index contributed by atoms with van der Waals surface area (Å²) in [5, 5.41) is 5.79. The fourth-order valence-corrected chi connectivity index (χ4v) is 3.56. The molecule has 0 aliphatic heterocycles. The molecule has 1 atom stereocenters. The number of rotatable bonds is 11. The van der Waals surface area contributed by atoms with Crippen molar-refractivity contribution in [3.63, 3.8) is 0 Å². The van der Waals surface area contributed by atoms with Crippen molar-refractivity contribution in [3.05, 3.63) is 35.4 Å². The number of carbonyl (C=O) groups is 1. The third-order valence-corrected chi connectivity index (χ3v) is 4.94. The van der Waals surface area contributed by atoms with E-state index in [1.54, 1.807) is 0 Å². The highest BCUT2D eigenvalue weighted by molar-refractivity contribution is 7.49. The van der Waals surface area contributed by atoms with Gasteiger partial charge in [0.15, 0.2) is 11.6 Å². The molecule has 9 heteroatoms. The first-order chi connectivity index (χ1) is 13.4. The molecule has 0 fully saturated rings. The van der Waals surface area contributed by atoms with E-state index in [1.165, 1.54) is 0 Å². The van der Waals surface area contributed by atoms with Crippen molar-refractivity contribution in [2.75, 3.05) is 41.5 Å². The summed E-state index contributed by atoms with van der Waals surface area (Å²) in [6.07, 6.45) is 3.29. The van der Waals surface area contributed by atoms with Crippen molar-refractivity contribution < 1.29 is 9.69 Å². The second kappa shape index (κ2) is 10.8. The summed E-state index contributed by atoms with van der Waals surface area (Å²) in [4.78, 5) is 31.4. The third kappa shape index (κ3) is 6.32. The van der Waals surface area contributed by atoms with E-state index in [0.717, 1.165) is 30.5 Å². The zero-order valence-corrected chi connectivity index (χ0v) is 17.5. The van der Waals surface area contributed by atoms with E-state index >= 15 is 0 Å². The minimum absolute atomic E-state index is 0.216. The number of hydrogen-bond donors (Lipinski definition) is 4. The minimum atomic E-state index is -0.988. The average Bonchev–Trinajstić information content (AvgIpc) is 2.63. The quantitative estimate of drug-likeness (QED) is 0.258. The van der Waals surface area contributed by atoms with Crippen molar-refractivity contribution in [1.29, 1.82) is 0 Å². The Kier molecular flexibility index (Phi) is 8.42. The van der Waals surface area contributed by atoms with Crippen molar-refractivity contribution in [2.45, 2.75) is 32.5 Å². The predicted octanol–water partition coefficient (Wildman–Crippen LogP) is 2.99. The molecule has 1 heterocycles. The molecule has 0 saturated carbocycles. The zero-order valence-electron chi connectivity index (χ0n) is 16.6. The number of hydrogen-bond acceptors (Lipinski definition) is 7. The number of anilines is 4. The highest BCUT2D eigenvalue weighted by Crippen LogP contribution is 2.31. The maximum atomic E-state index is 11.0. The third-order valence-electron chi connectivity index (χ3n) is 4.12. The fourth-order valence-electron chi connectivity index (χ4n) is 2.83. The van der Waals surface area contributed by atoms with Crippen molar-refractivity contribution >= 4 is 37.8 Å². The highest BCUT2D eigenvalue weighted by atomic mass is 31.1. The predicted molar refractivity (Wildman–Crippen MR) is 117 cm³/mol. The number of aromatic nitrogens is 2. The van der Waals surface area contributed by atoms with Crippen LogP contribution in [0.2, 0.25) is 0 Å². The Balaban J connectivity index is 2.26. The van der Waals surface area contributed by atoms with Crippen LogP contribution in [0.4, 0.5) is 23.3 Å². The number of nitrogens with zero attached hydrogens (tertiary/aromatic N) is 3. The summed E-state index contributed by atoms with van der Waals surface area (Å²) in [6, 6.07) is 8.08. The molecule has 152 valence electrons. The monoisotopic (exact) mass is 404 g/mol. The van der Waals surface area contributed by atoms with Gasteiger partial charge in [-0.25, -0.2) is 0 Å². The van der Waals surface area contributed by atoms with Crippen LogP contribution in [0, 0.1) is 0 Å². The lowest BCUT2D eigenvalue weighted by Gasteiger charge is -2.23. The number of nitrogens with two attached hydrogens (primary N) is 1.